The van der Waals surface area contributed by atoms with Gasteiger partial charge in [0, 0.05) is 13.0 Å². The van der Waals surface area contributed by atoms with Gasteiger partial charge in [-0.2, -0.15) is 0 Å². The Kier molecular flexibility index (Phi) is 7.00. The second-order valence-corrected chi connectivity index (χ2v) is 3.15. The van der Waals surface area contributed by atoms with Crippen LogP contribution < -0.4 is 0 Å². The van der Waals surface area contributed by atoms with Crippen LogP contribution in [0.4, 0.5) is 0 Å². The van der Waals surface area contributed by atoms with E-state index in [1.54, 1.807) is 0 Å². The summed E-state index contributed by atoms with van der Waals surface area (Å²) in [5, 5.41) is 9.21. The lowest BCUT2D eigenvalue weighted by molar-refractivity contribution is -0.109. The van der Waals surface area contributed by atoms with Crippen LogP contribution in [-0.4, -0.2) is 42.5 Å². The first-order valence-corrected chi connectivity index (χ1v) is 4.51. The van der Waals surface area contributed by atoms with Gasteiger partial charge >= 0.3 is 0 Å². The van der Waals surface area contributed by atoms with Crippen LogP contribution in [0.25, 0.3) is 0 Å². The molecule has 0 saturated heterocycles. The van der Waals surface area contributed by atoms with Crippen LogP contribution in [0.5, 0.6) is 0 Å². The first-order chi connectivity index (χ1) is 5.70. The molecule has 0 radical (unpaired) electrons. The van der Waals surface area contributed by atoms with Crippen molar-refractivity contribution in [2.45, 2.75) is 32.3 Å². The van der Waals surface area contributed by atoms with Gasteiger partial charge in [0.2, 0.25) is 0 Å². The zero-order valence-corrected chi connectivity index (χ0v) is 7.99. The maximum Gasteiger partial charge on any atom is 0.122 e. The number of rotatable bonds is 7. The van der Waals surface area contributed by atoms with Crippen molar-refractivity contribution in [1.29, 1.82) is 0 Å². The van der Waals surface area contributed by atoms with E-state index in [0.29, 0.717) is 6.42 Å². The molecule has 0 aliphatic carbocycles. The van der Waals surface area contributed by atoms with Crippen molar-refractivity contribution >= 4 is 6.29 Å². The third-order valence-corrected chi connectivity index (χ3v) is 1.82. The topological polar surface area (TPSA) is 40.5 Å². The van der Waals surface area contributed by atoms with Crippen LogP contribution in [0.2, 0.25) is 0 Å². The molecule has 72 valence electrons. The highest BCUT2D eigenvalue weighted by Gasteiger charge is 2.04. The largest absolute Gasteiger partial charge is 0.393 e. The van der Waals surface area contributed by atoms with Crippen molar-refractivity contribution in [2.24, 2.45) is 0 Å². The number of aldehydes is 1. The van der Waals surface area contributed by atoms with Gasteiger partial charge < -0.3 is 14.8 Å². The van der Waals surface area contributed by atoms with Crippen molar-refractivity contribution in [3.8, 4) is 0 Å². The van der Waals surface area contributed by atoms with Crippen molar-refractivity contribution in [3.63, 3.8) is 0 Å². The van der Waals surface area contributed by atoms with Crippen LogP contribution in [-0.2, 0) is 4.79 Å². The second kappa shape index (κ2) is 7.25. The summed E-state index contributed by atoms with van der Waals surface area (Å²) >= 11 is 0. The minimum absolute atomic E-state index is 0.264. The molecule has 0 fully saturated rings. The van der Waals surface area contributed by atoms with Gasteiger partial charge in [-0.3, -0.25) is 0 Å². The average molecular weight is 173 g/mol. The quantitative estimate of drug-likeness (QED) is 0.575. The molecule has 1 unspecified atom stereocenters. The molecule has 0 spiro atoms. The molecular formula is C9H19NO2. The lowest BCUT2D eigenvalue weighted by atomic mass is 10.2. The molecule has 0 aliphatic rings. The summed E-state index contributed by atoms with van der Waals surface area (Å²) in [6, 6.07) is 0. The predicted octanol–water partition coefficient (Wildman–Crippen LogP) is 0.668. The SMILES string of the molecule is CCCN(C)CCC(O)CC=O. The van der Waals surface area contributed by atoms with Crippen LogP contribution in [0.3, 0.4) is 0 Å². The standard InChI is InChI=1S/C9H19NO2/c1-3-6-10(2)7-4-9(12)5-8-11/h8-9,12H,3-7H2,1-2H3. The summed E-state index contributed by atoms with van der Waals surface area (Å²) in [5.41, 5.74) is 0. The van der Waals surface area contributed by atoms with Gasteiger partial charge in [-0.25, -0.2) is 0 Å². The Balaban J connectivity index is 3.32. The first kappa shape index (κ1) is 11.6. The maximum absolute atomic E-state index is 10.0. The van der Waals surface area contributed by atoms with Gasteiger partial charge in [-0.05, 0) is 26.4 Å². The van der Waals surface area contributed by atoms with Crippen LogP contribution in [0.15, 0.2) is 0 Å². The molecule has 1 N–H and O–H groups in total. The fraction of sp³-hybridized carbons (Fsp3) is 0.889. The molecule has 0 heterocycles. The summed E-state index contributed by atoms with van der Waals surface area (Å²) in [5.74, 6) is 0. The fourth-order valence-corrected chi connectivity index (χ4v) is 1.09. The number of aliphatic hydroxyl groups is 1. The van der Waals surface area contributed by atoms with E-state index in [2.05, 4.69) is 11.8 Å². The molecule has 12 heavy (non-hydrogen) atoms. The summed E-state index contributed by atoms with van der Waals surface area (Å²) in [4.78, 5) is 12.2. The van der Waals surface area contributed by atoms with Crippen molar-refractivity contribution in [2.75, 3.05) is 20.1 Å². The van der Waals surface area contributed by atoms with E-state index in [1.807, 2.05) is 7.05 Å². The normalized spacial score (nSPS) is 13.3. The summed E-state index contributed by atoms with van der Waals surface area (Å²) in [6.07, 6.45) is 2.39. The van der Waals surface area contributed by atoms with Gasteiger partial charge in [-0.1, -0.05) is 6.92 Å². The number of aliphatic hydroxyl groups excluding tert-OH is 1. The zero-order valence-electron chi connectivity index (χ0n) is 7.99. The predicted molar refractivity (Wildman–Crippen MR) is 49.1 cm³/mol. The van der Waals surface area contributed by atoms with E-state index in [4.69, 9.17) is 0 Å². The van der Waals surface area contributed by atoms with Crippen LogP contribution in [0.1, 0.15) is 26.2 Å². The van der Waals surface area contributed by atoms with Gasteiger partial charge in [0.05, 0.1) is 6.10 Å². The van der Waals surface area contributed by atoms with E-state index in [1.165, 1.54) is 0 Å². The van der Waals surface area contributed by atoms with Gasteiger partial charge in [0.25, 0.3) is 0 Å². The molecule has 0 saturated carbocycles. The van der Waals surface area contributed by atoms with E-state index < -0.39 is 6.10 Å². The molecule has 3 nitrogen and oxygen atoms in total. The molecule has 0 bridgehead atoms. The van der Waals surface area contributed by atoms with Gasteiger partial charge in [-0.15, -0.1) is 0 Å². The highest BCUT2D eigenvalue weighted by atomic mass is 16.3. The van der Waals surface area contributed by atoms with Gasteiger partial charge in [0.15, 0.2) is 0 Å². The third-order valence-electron chi connectivity index (χ3n) is 1.82. The number of carbonyl (C=O) groups excluding carboxylic acids is 1. The number of nitrogens with zero attached hydrogens (tertiary/aromatic N) is 1. The third kappa shape index (κ3) is 6.31. The molecule has 0 aromatic rings. The Morgan fingerprint density at radius 2 is 2.17 bits per heavy atom. The lowest BCUT2D eigenvalue weighted by Crippen LogP contribution is -2.24. The van der Waals surface area contributed by atoms with E-state index in [9.17, 15) is 9.90 Å². The minimum Gasteiger partial charge on any atom is -0.393 e. The fourth-order valence-electron chi connectivity index (χ4n) is 1.09. The zero-order chi connectivity index (χ0) is 9.40. The van der Waals surface area contributed by atoms with Crippen molar-refractivity contribution < 1.29 is 9.90 Å². The Labute approximate surface area is 74.4 Å². The molecular weight excluding hydrogens is 154 g/mol. The average Bonchev–Trinajstić information content (AvgIpc) is 2.02. The summed E-state index contributed by atoms with van der Waals surface area (Å²) in [7, 11) is 2.02. The number of carbonyl (C=O) groups is 1. The molecule has 0 aliphatic heterocycles. The van der Waals surface area contributed by atoms with E-state index >= 15 is 0 Å². The van der Waals surface area contributed by atoms with Crippen LogP contribution in [0, 0.1) is 0 Å². The monoisotopic (exact) mass is 173 g/mol. The van der Waals surface area contributed by atoms with E-state index in [0.717, 1.165) is 25.8 Å². The molecule has 0 rings (SSSR count). The lowest BCUT2D eigenvalue weighted by Gasteiger charge is -2.16. The van der Waals surface area contributed by atoms with Gasteiger partial charge in [0.1, 0.15) is 6.29 Å². The second-order valence-electron chi connectivity index (χ2n) is 3.15. The van der Waals surface area contributed by atoms with Crippen LogP contribution >= 0.6 is 0 Å². The summed E-state index contributed by atoms with van der Waals surface area (Å²) in [6.45, 7) is 4.04. The maximum atomic E-state index is 10.0. The number of hydrogen-bond acceptors (Lipinski definition) is 3. The Morgan fingerprint density at radius 1 is 1.50 bits per heavy atom. The van der Waals surface area contributed by atoms with E-state index in [-0.39, 0.29) is 6.42 Å². The molecule has 3 heteroatoms. The Bertz CT molecular complexity index is 117. The highest BCUT2D eigenvalue weighted by Crippen LogP contribution is 1.97. The summed E-state index contributed by atoms with van der Waals surface area (Å²) < 4.78 is 0. The smallest absolute Gasteiger partial charge is 0.122 e. The molecule has 1 atom stereocenters. The van der Waals surface area contributed by atoms with Crippen molar-refractivity contribution in [1.82, 2.24) is 4.90 Å². The molecule has 0 aromatic heterocycles. The molecule has 0 amide bonds. The first-order valence-electron chi connectivity index (χ1n) is 4.51. The molecule has 0 aromatic carbocycles. The minimum atomic E-state index is -0.457. The van der Waals surface area contributed by atoms with Crippen molar-refractivity contribution in [3.05, 3.63) is 0 Å². The Hall–Kier alpha value is -0.410. The highest BCUT2D eigenvalue weighted by molar-refractivity contribution is 5.49. The number of hydrogen-bond donors (Lipinski definition) is 1. The Morgan fingerprint density at radius 3 is 2.67 bits per heavy atom.